The summed E-state index contributed by atoms with van der Waals surface area (Å²) in [6, 6.07) is 7.92. The lowest BCUT2D eigenvalue weighted by Crippen LogP contribution is -2.38. The number of benzene rings is 1. The number of nitrogens with zero attached hydrogens (tertiary/aromatic N) is 1. The van der Waals surface area contributed by atoms with Gasteiger partial charge in [-0.1, -0.05) is 11.6 Å². The highest BCUT2D eigenvalue weighted by atomic mass is 35.5. The van der Waals surface area contributed by atoms with E-state index in [1.165, 1.54) is 25.9 Å². The van der Waals surface area contributed by atoms with Gasteiger partial charge in [0.05, 0.1) is 0 Å². The van der Waals surface area contributed by atoms with Crippen LogP contribution in [0.2, 0.25) is 5.02 Å². The van der Waals surface area contributed by atoms with Crippen molar-refractivity contribution in [2.75, 3.05) is 38.0 Å². The molecule has 1 aliphatic heterocycles. The first kappa shape index (κ1) is 13.7. The van der Waals surface area contributed by atoms with Gasteiger partial charge in [0.1, 0.15) is 0 Å². The topological polar surface area (TPSA) is 41.3 Å². The maximum Gasteiger partial charge on any atom is 0.0407 e. The van der Waals surface area contributed by atoms with Crippen molar-refractivity contribution in [2.45, 2.75) is 12.8 Å². The van der Waals surface area contributed by atoms with Crippen LogP contribution in [-0.2, 0) is 0 Å². The van der Waals surface area contributed by atoms with Gasteiger partial charge in [0.15, 0.2) is 0 Å². The Labute approximate surface area is 114 Å². The second-order valence-electron chi connectivity index (χ2n) is 4.96. The number of nitrogens with two attached hydrogens (primary N) is 1. The van der Waals surface area contributed by atoms with Crippen LogP contribution >= 0.6 is 11.6 Å². The number of anilines is 1. The monoisotopic (exact) mass is 267 g/mol. The number of piperidine rings is 1. The minimum absolute atomic E-state index is 0.772. The third kappa shape index (κ3) is 4.16. The van der Waals surface area contributed by atoms with Crippen LogP contribution in [0.1, 0.15) is 12.8 Å². The van der Waals surface area contributed by atoms with E-state index in [4.69, 9.17) is 17.3 Å². The minimum atomic E-state index is 0.772. The molecule has 0 atom stereocenters. The molecule has 1 heterocycles. The molecule has 3 N–H and O–H groups in total. The molecule has 1 aromatic carbocycles. The molecule has 0 aliphatic carbocycles. The highest BCUT2D eigenvalue weighted by molar-refractivity contribution is 6.30. The average Bonchev–Trinajstić information content (AvgIpc) is 2.40. The molecular weight excluding hydrogens is 246 g/mol. The van der Waals surface area contributed by atoms with Crippen molar-refractivity contribution < 1.29 is 0 Å². The van der Waals surface area contributed by atoms with Crippen LogP contribution in [-0.4, -0.2) is 37.6 Å². The Morgan fingerprint density at radius 1 is 1.22 bits per heavy atom. The van der Waals surface area contributed by atoms with Crippen molar-refractivity contribution in [1.29, 1.82) is 0 Å². The number of nitrogens with one attached hydrogen (secondary N) is 1. The fraction of sp³-hybridized carbons (Fsp3) is 0.571. The normalized spacial score (nSPS) is 17.9. The predicted molar refractivity (Wildman–Crippen MR) is 78.2 cm³/mol. The summed E-state index contributed by atoms with van der Waals surface area (Å²) in [5.41, 5.74) is 6.73. The average molecular weight is 268 g/mol. The van der Waals surface area contributed by atoms with Crippen molar-refractivity contribution in [3.63, 3.8) is 0 Å². The van der Waals surface area contributed by atoms with E-state index in [9.17, 15) is 0 Å². The zero-order valence-corrected chi connectivity index (χ0v) is 11.5. The third-order valence-electron chi connectivity index (χ3n) is 3.59. The van der Waals surface area contributed by atoms with E-state index in [1.807, 2.05) is 24.3 Å². The van der Waals surface area contributed by atoms with Crippen molar-refractivity contribution >= 4 is 17.3 Å². The summed E-state index contributed by atoms with van der Waals surface area (Å²) in [5, 5.41) is 4.27. The summed E-state index contributed by atoms with van der Waals surface area (Å²) >= 11 is 5.86. The molecule has 0 aromatic heterocycles. The van der Waals surface area contributed by atoms with Gasteiger partial charge < -0.3 is 16.0 Å². The van der Waals surface area contributed by atoms with Crippen LogP contribution in [0.15, 0.2) is 24.3 Å². The van der Waals surface area contributed by atoms with Crippen LogP contribution in [0.5, 0.6) is 0 Å². The first-order valence-corrected chi connectivity index (χ1v) is 7.07. The molecule has 0 bridgehead atoms. The van der Waals surface area contributed by atoms with Crippen molar-refractivity contribution in [3.05, 3.63) is 29.3 Å². The minimum Gasteiger partial charge on any atom is -0.385 e. The quantitative estimate of drug-likeness (QED) is 0.861. The van der Waals surface area contributed by atoms with Crippen LogP contribution in [0.3, 0.4) is 0 Å². The number of likely N-dealkylation sites (tertiary alicyclic amines) is 1. The van der Waals surface area contributed by atoms with Gasteiger partial charge in [0.2, 0.25) is 0 Å². The fourth-order valence-electron chi connectivity index (χ4n) is 2.43. The molecular formula is C14H22ClN3. The molecule has 0 spiro atoms. The van der Waals surface area contributed by atoms with Gasteiger partial charge in [-0.15, -0.1) is 0 Å². The molecule has 3 nitrogen and oxygen atoms in total. The van der Waals surface area contributed by atoms with Crippen LogP contribution in [0.4, 0.5) is 5.69 Å². The molecule has 1 aliphatic rings. The maximum atomic E-state index is 5.86. The van der Waals surface area contributed by atoms with Crippen molar-refractivity contribution in [1.82, 2.24) is 4.90 Å². The highest BCUT2D eigenvalue weighted by Crippen LogP contribution is 2.19. The van der Waals surface area contributed by atoms with E-state index in [1.54, 1.807) is 0 Å². The van der Waals surface area contributed by atoms with E-state index >= 15 is 0 Å². The second kappa shape index (κ2) is 6.98. The lowest BCUT2D eigenvalue weighted by atomic mass is 9.96. The van der Waals surface area contributed by atoms with Gasteiger partial charge in [-0.3, -0.25) is 0 Å². The van der Waals surface area contributed by atoms with Crippen LogP contribution < -0.4 is 11.1 Å². The van der Waals surface area contributed by atoms with Crippen LogP contribution in [0.25, 0.3) is 0 Å². The summed E-state index contributed by atoms with van der Waals surface area (Å²) in [4.78, 5) is 2.46. The van der Waals surface area contributed by atoms with E-state index in [0.29, 0.717) is 0 Å². The molecule has 2 rings (SSSR count). The highest BCUT2D eigenvalue weighted by Gasteiger charge is 2.18. The zero-order valence-electron chi connectivity index (χ0n) is 10.7. The molecule has 0 unspecified atom stereocenters. The number of hydrogen-bond donors (Lipinski definition) is 2. The Morgan fingerprint density at radius 2 is 1.89 bits per heavy atom. The SMILES string of the molecule is NCCN1CCC(CNc2ccc(Cl)cc2)CC1. The molecule has 18 heavy (non-hydrogen) atoms. The fourth-order valence-corrected chi connectivity index (χ4v) is 2.55. The Bertz CT molecular complexity index is 345. The van der Waals surface area contributed by atoms with E-state index in [2.05, 4.69) is 10.2 Å². The first-order valence-electron chi connectivity index (χ1n) is 6.70. The van der Waals surface area contributed by atoms with Gasteiger partial charge in [-0.05, 0) is 56.1 Å². The Hall–Kier alpha value is -0.770. The lowest BCUT2D eigenvalue weighted by molar-refractivity contribution is 0.194. The number of hydrogen-bond acceptors (Lipinski definition) is 3. The smallest absolute Gasteiger partial charge is 0.0407 e. The summed E-state index contributed by atoms with van der Waals surface area (Å²) in [5.74, 6) is 0.773. The standard InChI is InChI=1S/C14H22ClN3/c15-13-1-3-14(4-2-13)17-11-12-5-8-18(9-6-12)10-7-16/h1-4,12,17H,5-11,16H2. The van der Waals surface area contributed by atoms with Gasteiger partial charge in [0, 0.05) is 30.3 Å². The molecule has 1 saturated heterocycles. The molecule has 100 valence electrons. The second-order valence-corrected chi connectivity index (χ2v) is 5.40. The molecule has 1 aromatic rings. The third-order valence-corrected chi connectivity index (χ3v) is 3.84. The number of halogens is 1. The lowest BCUT2D eigenvalue weighted by Gasteiger charge is -2.31. The van der Waals surface area contributed by atoms with Gasteiger partial charge in [-0.25, -0.2) is 0 Å². The van der Waals surface area contributed by atoms with Crippen molar-refractivity contribution in [2.24, 2.45) is 11.7 Å². The summed E-state index contributed by atoms with van der Waals surface area (Å²) in [6.07, 6.45) is 2.53. The Balaban J connectivity index is 1.70. The maximum absolute atomic E-state index is 5.86. The van der Waals surface area contributed by atoms with Gasteiger partial charge >= 0.3 is 0 Å². The largest absolute Gasteiger partial charge is 0.385 e. The van der Waals surface area contributed by atoms with Crippen LogP contribution in [0, 0.1) is 5.92 Å². The predicted octanol–water partition coefficient (Wildman–Crippen LogP) is 2.42. The molecule has 0 amide bonds. The van der Waals surface area contributed by atoms with E-state index in [-0.39, 0.29) is 0 Å². The summed E-state index contributed by atoms with van der Waals surface area (Å²) in [7, 11) is 0. The van der Waals surface area contributed by atoms with Gasteiger partial charge in [-0.2, -0.15) is 0 Å². The summed E-state index contributed by atoms with van der Waals surface area (Å²) in [6.45, 7) is 5.23. The van der Waals surface area contributed by atoms with Gasteiger partial charge in [0.25, 0.3) is 0 Å². The first-order chi connectivity index (χ1) is 8.78. The molecule has 0 saturated carbocycles. The molecule has 1 fully saturated rings. The number of rotatable bonds is 5. The van der Waals surface area contributed by atoms with E-state index < -0.39 is 0 Å². The van der Waals surface area contributed by atoms with Crippen molar-refractivity contribution in [3.8, 4) is 0 Å². The van der Waals surface area contributed by atoms with E-state index in [0.717, 1.165) is 36.3 Å². The molecule has 4 heteroatoms. The Kier molecular flexibility index (Phi) is 5.29. The Morgan fingerprint density at radius 3 is 2.50 bits per heavy atom. The zero-order chi connectivity index (χ0) is 12.8. The molecule has 0 radical (unpaired) electrons. The summed E-state index contributed by atoms with van der Waals surface area (Å²) < 4.78 is 0.